The molecule has 0 fully saturated rings. The molecule has 0 amide bonds. The number of hydrogen-bond donors (Lipinski definition) is 1. The number of rotatable bonds is 7. The van der Waals surface area contributed by atoms with Crippen molar-refractivity contribution >= 4 is 15.9 Å². The van der Waals surface area contributed by atoms with Gasteiger partial charge in [0.1, 0.15) is 0 Å². The fourth-order valence-electron chi connectivity index (χ4n) is 2.38. The summed E-state index contributed by atoms with van der Waals surface area (Å²) in [7, 11) is 0. The van der Waals surface area contributed by atoms with Gasteiger partial charge in [-0.15, -0.1) is 0 Å². The third-order valence-electron chi connectivity index (χ3n) is 3.66. The quantitative estimate of drug-likeness (QED) is 0.824. The highest BCUT2D eigenvalue weighted by molar-refractivity contribution is 9.10. The summed E-state index contributed by atoms with van der Waals surface area (Å²) in [5.41, 5.74) is 2.51. The topological polar surface area (TPSA) is 29.9 Å². The maximum atomic E-state index is 4.67. The van der Waals surface area contributed by atoms with Crippen LogP contribution in [0.1, 0.15) is 52.9 Å². The number of hydrogen-bond acceptors (Lipinski definition) is 2. The molecule has 19 heavy (non-hydrogen) atoms. The summed E-state index contributed by atoms with van der Waals surface area (Å²) in [6.07, 6.45) is 2.04. The zero-order chi connectivity index (χ0) is 14.6. The van der Waals surface area contributed by atoms with Crippen molar-refractivity contribution in [1.29, 1.82) is 0 Å². The average Bonchev–Trinajstić information content (AvgIpc) is 2.65. The van der Waals surface area contributed by atoms with Crippen LogP contribution in [-0.4, -0.2) is 21.9 Å². The first-order chi connectivity index (χ1) is 8.90. The predicted octanol–water partition coefficient (Wildman–Crippen LogP) is 3.79. The van der Waals surface area contributed by atoms with Gasteiger partial charge in [-0.2, -0.15) is 5.10 Å². The van der Waals surface area contributed by atoms with E-state index in [9.17, 15) is 0 Å². The Morgan fingerprint density at radius 2 is 1.84 bits per heavy atom. The van der Waals surface area contributed by atoms with Crippen molar-refractivity contribution < 1.29 is 0 Å². The number of aromatic nitrogens is 2. The summed E-state index contributed by atoms with van der Waals surface area (Å²) in [6.45, 7) is 14.2. The smallest absolute Gasteiger partial charge is 0.0766 e. The summed E-state index contributed by atoms with van der Waals surface area (Å²) in [5, 5.41) is 8.26. The largest absolute Gasteiger partial charge is 0.312 e. The van der Waals surface area contributed by atoms with Crippen molar-refractivity contribution in [1.82, 2.24) is 15.1 Å². The fraction of sp³-hybridized carbons (Fsp3) is 0.800. The monoisotopic (exact) mass is 329 g/mol. The SMILES string of the molecule is CCc1nn(CC)c(CC(C)C(C)NC(C)C)c1Br. The van der Waals surface area contributed by atoms with Crippen LogP contribution in [-0.2, 0) is 19.4 Å². The summed E-state index contributed by atoms with van der Waals surface area (Å²) in [6, 6.07) is 1.04. The molecule has 0 bridgehead atoms. The second kappa shape index (κ2) is 7.44. The van der Waals surface area contributed by atoms with E-state index in [1.165, 1.54) is 15.9 Å². The number of aryl methyl sites for hydroxylation is 2. The molecule has 0 aliphatic heterocycles. The molecule has 1 aromatic heterocycles. The Morgan fingerprint density at radius 3 is 2.32 bits per heavy atom. The van der Waals surface area contributed by atoms with E-state index < -0.39 is 0 Å². The molecule has 0 aliphatic carbocycles. The Kier molecular flexibility index (Phi) is 6.54. The van der Waals surface area contributed by atoms with Gasteiger partial charge in [0.2, 0.25) is 0 Å². The van der Waals surface area contributed by atoms with Crippen LogP contribution in [0.3, 0.4) is 0 Å². The van der Waals surface area contributed by atoms with Gasteiger partial charge in [0.25, 0.3) is 0 Å². The molecular weight excluding hydrogens is 302 g/mol. The van der Waals surface area contributed by atoms with Crippen LogP contribution in [0.15, 0.2) is 4.47 Å². The highest BCUT2D eigenvalue weighted by Gasteiger charge is 2.19. The van der Waals surface area contributed by atoms with Gasteiger partial charge in [-0.1, -0.05) is 27.7 Å². The van der Waals surface area contributed by atoms with E-state index in [0.29, 0.717) is 18.0 Å². The lowest BCUT2D eigenvalue weighted by molar-refractivity contribution is 0.364. The molecule has 110 valence electrons. The Labute approximate surface area is 126 Å². The minimum Gasteiger partial charge on any atom is -0.312 e. The van der Waals surface area contributed by atoms with Gasteiger partial charge in [-0.05, 0) is 48.5 Å². The maximum Gasteiger partial charge on any atom is 0.0766 e. The first kappa shape index (κ1) is 16.7. The lowest BCUT2D eigenvalue weighted by Crippen LogP contribution is -2.38. The van der Waals surface area contributed by atoms with Gasteiger partial charge in [-0.3, -0.25) is 4.68 Å². The van der Waals surface area contributed by atoms with Gasteiger partial charge >= 0.3 is 0 Å². The van der Waals surface area contributed by atoms with E-state index >= 15 is 0 Å². The molecule has 0 spiro atoms. The molecule has 2 unspecified atom stereocenters. The Hall–Kier alpha value is -0.350. The van der Waals surface area contributed by atoms with Crippen LogP contribution in [0, 0.1) is 5.92 Å². The standard InChI is InChI=1S/C15H28BrN3/c1-7-13-15(16)14(19(8-2)18-13)9-11(5)12(6)17-10(3)4/h10-12,17H,7-9H2,1-6H3. The molecule has 3 nitrogen and oxygen atoms in total. The molecule has 1 N–H and O–H groups in total. The third-order valence-corrected chi connectivity index (χ3v) is 4.57. The average molecular weight is 330 g/mol. The van der Waals surface area contributed by atoms with Crippen molar-refractivity contribution in [3.63, 3.8) is 0 Å². The fourth-order valence-corrected chi connectivity index (χ4v) is 3.11. The van der Waals surface area contributed by atoms with E-state index in [2.05, 4.69) is 72.6 Å². The van der Waals surface area contributed by atoms with Crippen LogP contribution in [0.4, 0.5) is 0 Å². The minimum atomic E-state index is 0.511. The summed E-state index contributed by atoms with van der Waals surface area (Å²) >= 11 is 3.73. The number of nitrogens with zero attached hydrogens (tertiary/aromatic N) is 2. The summed E-state index contributed by atoms with van der Waals surface area (Å²) in [4.78, 5) is 0. The van der Waals surface area contributed by atoms with Gasteiger partial charge in [-0.25, -0.2) is 0 Å². The second-order valence-corrected chi connectivity index (χ2v) is 6.46. The van der Waals surface area contributed by atoms with E-state index in [1.54, 1.807) is 0 Å². The molecule has 0 aliphatic rings. The highest BCUT2D eigenvalue weighted by atomic mass is 79.9. The molecular formula is C15H28BrN3. The van der Waals surface area contributed by atoms with Gasteiger partial charge in [0.15, 0.2) is 0 Å². The molecule has 2 atom stereocenters. The predicted molar refractivity (Wildman–Crippen MR) is 85.6 cm³/mol. The molecule has 0 aromatic carbocycles. The van der Waals surface area contributed by atoms with Crippen LogP contribution in [0.25, 0.3) is 0 Å². The Bertz CT molecular complexity index is 398. The molecule has 1 heterocycles. The normalized spacial score (nSPS) is 14.9. The van der Waals surface area contributed by atoms with Gasteiger partial charge in [0, 0.05) is 18.6 Å². The molecule has 1 aromatic rings. The Balaban J connectivity index is 2.83. The van der Waals surface area contributed by atoms with Crippen LogP contribution in [0.2, 0.25) is 0 Å². The first-order valence-corrected chi connectivity index (χ1v) is 8.20. The van der Waals surface area contributed by atoms with E-state index in [1.807, 2.05) is 0 Å². The second-order valence-electron chi connectivity index (χ2n) is 5.67. The molecule has 0 radical (unpaired) electrons. The zero-order valence-electron chi connectivity index (χ0n) is 13.1. The summed E-state index contributed by atoms with van der Waals surface area (Å²) in [5.74, 6) is 0.588. The lowest BCUT2D eigenvalue weighted by atomic mass is 9.97. The maximum absolute atomic E-state index is 4.67. The molecule has 4 heteroatoms. The minimum absolute atomic E-state index is 0.511. The van der Waals surface area contributed by atoms with Crippen molar-refractivity contribution in [2.45, 2.75) is 73.0 Å². The van der Waals surface area contributed by atoms with Crippen molar-refractivity contribution in [2.75, 3.05) is 0 Å². The number of nitrogens with one attached hydrogen (secondary N) is 1. The van der Waals surface area contributed by atoms with E-state index in [-0.39, 0.29) is 0 Å². The third kappa shape index (κ3) is 4.32. The summed E-state index contributed by atoms with van der Waals surface area (Å²) < 4.78 is 3.35. The lowest BCUT2D eigenvalue weighted by Gasteiger charge is -2.24. The van der Waals surface area contributed by atoms with Crippen molar-refractivity contribution in [3.8, 4) is 0 Å². The van der Waals surface area contributed by atoms with Crippen molar-refractivity contribution in [2.24, 2.45) is 5.92 Å². The van der Waals surface area contributed by atoms with Gasteiger partial charge in [0.05, 0.1) is 15.9 Å². The van der Waals surface area contributed by atoms with Crippen LogP contribution in [0.5, 0.6) is 0 Å². The van der Waals surface area contributed by atoms with E-state index in [0.717, 1.165) is 19.4 Å². The van der Waals surface area contributed by atoms with Crippen LogP contribution >= 0.6 is 15.9 Å². The van der Waals surface area contributed by atoms with Gasteiger partial charge < -0.3 is 5.32 Å². The first-order valence-electron chi connectivity index (χ1n) is 7.40. The van der Waals surface area contributed by atoms with Crippen molar-refractivity contribution in [3.05, 3.63) is 15.9 Å². The molecule has 0 saturated carbocycles. The highest BCUT2D eigenvalue weighted by Crippen LogP contribution is 2.25. The van der Waals surface area contributed by atoms with Crippen LogP contribution < -0.4 is 5.32 Å². The number of halogens is 1. The Morgan fingerprint density at radius 1 is 1.21 bits per heavy atom. The van der Waals surface area contributed by atoms with E-state index in [4.69, 9.17) is 0 Å². The molecule has 1 rings (SSSR count). The zero-order valence-corrected chi connectivity index (χ0v) is 14.7. The molecule has 0 saturated heterocycles.